The van der Waals surface area contributed by atoms with Gasteiger partial charge < -0.3 is 19.7 Å². The average molecular weight is 323 g/mol. The van der Waals surface area contributed by atoms with Crippen molar-refractivity contribution in [2.75, 3.05) is 26.4 Å². The first-order valence-electron chi connectivity index (χ1n) is 6.23. The topological polar surface area (TPSA) is 160 Å². The normalized spacial score (nSPS) is 11.3. The standard InChI is InChI=1S/C10H17N3O9/c1-8(14)2-4-11-10(15)3-5-20-6-9(22-13(18)19)7-21-12(16)17/h9H,2-7H2,1H3,(H,11,15). The van der Waals surface area contributed by atoms with Gasteiger partial charge in [-0.3, -0.25) is 9.59 Å². The van der Waals surface area contributed by atoms with Crippen molar-refractivity contribution in [3.63, 3.8) is 0 Å². The Morgan fingerprint density at radius 1 is 1.14 bits per heavy atom. The second-order valence-electron chi connectivity index (χ2n) is 4.10. The van der Waals surface area contributed by atoms with Crippen LogP contribution in [0.5, 0.6) is 0 Å². The number of hydrogen-bond donors (Lipinski definition) is 1. The molecule has 12 heteroatoms. The lowest BCUT2D eigenvalue weighted by Gasteiger charge is -2.13. The van der Waals surface area contributed by atoms with E-state index in [0.29, 0.717) is 0 Å². The molecule has 1 atom stereocenters. The highest BCUT2D eigenvalue weighted by Crippen LogP contribution is 1.97. The lowest BCUT2D eigenvalue weighted by molar-refractivity contribution is -0.790. The summed E-state index contributed by atoms with van der Waals surface area (Å²) in [6, 6.07) is 0. The number of nitrogens with zero attached hydrogens (tertiary/aromatic N) is 2. The summed E-state index contributed by atoms with van der Waals surface area (Å²) >= 11 is 0. The molecule has 0 fully saturated rings. The molecule has 0 aromatic heterocycles. The highest BCUT2D eigenvalue weighted by molar-refractivity contribution is 5.78. The Hall–Kier alpha value is -2.50. The van der Waals surface area contributed by atoms with E-state index in [1.165, 1.54) is 6.92 Å². The van der Waals surface area contributed by atoms with Gasteiger partial charge in [-0.15, -0.1) is 20.2 Å². The molecule has 126 valence electrons. The molecule has 12 nitrogen and oxygen atoms in total. The largest absolute Gasteiger partial charge is 0.379 e. The minimum absolute atomic E-state index is 0.0286. The summed E-state index contributed by atoms with van der Waals surface area (Å²) in [4.78, 5) is 50.2. The Kier molecular flexibility index (Phi) is 9.92. The van der Waals surface area contributed by atoms with E-state index in [9.17, 15) is 29.8 Å². The summed E-state index contributed by atoms with van der Waals surface area (Å²) in [5.74, 6) is -0.406. The molecule has 0 aliphatic carbocycles. The van der Waals surface area contributed by atoms with E-state index in [1.807, 2.05) is 0 Å². The molecule has 1 amide bonds. The van der Waals surface area contributed by atoms with Crippen LogP contribution >= 0.6 is 0 Å². The molecule has 0 spiro atoms. The Morgan fingerprint density at radius 2 is 1.82 bits per heavy atom. The molecular formula is C10H17N3O9. The summed E-state index contributed by atoms with van der Waals surface area (Å²) in [6.07, 6.45) is -1.08. The molecule has 1 unspecified atom stereocenters. The number of Topliss-reactive ketones (excluding diaryl/α,β-unsaturated/α-hetero) is 1. The molecule has 0 saturated carbocycles. The van der Waals surface area contributed by atoms with Gasteiger partial charge in [0.25, 0.3) is 10.2 Å². The smallest absolute Gasteiger partial charge is 0.294 e. The van der Waals surface area contributed by atoms with Gasteiger partial charge in [0, 0.05) is 19.4 Å². The number of ether oxygens (including phenoxy) is 1. The van der Waals surface area contributed by atoms with E-state index in [2.05, 4.69) is 15.0 Å². The number of rotatable bonds is 13. The maximum absolute atomic E-state index is 11.3. The van der Waals surface area contributed by atoms with Crippen molar-refractivity contribution in [3.05, 3.63) is 20.2 Å². The van der Waals surface area contributed by atoms with Gasteiger partial charge >= 0.3 is 0 Å². The predicted octanol–water partition coefficient (Wildman–Crippen LogP) is -0.726. The highest BCUT2D eigenvalue weighted by Gasteiger charge is 2.16. The maximum atomic E-state index is 11.3. The highest BCUT2D eigenvalue weighted by atomic mass is 17.0. The lowest BCUT2D eigenvalue weighted by Crippen LogP contribution is -2.30. The Bertz CT molecular complexity index is 401. The minimum atomic E-state index is -1.28. The summed E-state index contributed by atoms with van der Waals surface area (Å²) in [7, 11) is 0. The van der Waals surface area contributed by atoms with E-state index in [-0.39, 0.29) is 44.3 Å². The Balaban J connectivity index is 3.86. The molecule has 0 aliphatic heterocycles. The molecular weight excluding hydrogens is 306 g/mol. The number of amides is 1. The van der Waals surface area contributed by atoms with E-state index < -0.39 is 22.9 Å². The monoisotopic (exact) mass is 323 g/mol. The van der Waals surface area contributed by atoms with Gasteiger partial charge in [-0.25, -0.2) is 0 Å². The first-order valence-corrected chi connectivity index (χ1v) is 6.23. The van der Waals surface area contributed by atoms with Crippen molar-refractivity contribution in [2.45, 2.75) is 25.9 Å². The molecule has 0 aromatic rings. The van der Waals surface area contributed by atoms with Gasteiger partial charge in [0.2, 0.25) is 5.91 Å². The molecule has 0 aromatic carbocycles. The van der Waals surface area contributed by atoms with Crippen molar-refractivity contribution in [1.29, 1.82) is 0 Å². The summed E-state index contributed by atoms with van der Waals surface area (Å²) in [6.45, 7) is 0.534. The Morgan fingerprint density at radius 3 is 2.36 bits per heavy atom. The minimum Gasteiger partial charge on any atom is -0.379 e. The lowest BCUT2D eigenvalue weighted by atomic mass is 10.3. The van der Waals surface area contributed by atoms with E-state index in [4.69, 9.17) is 4.74 Å². The fraction of sp³-hybridized carbons (Fsp3) is 0.800. The fourth-order valence-corrected chi connectivity index (χ4v) is 1.22. The maximum Gasteiger partial charge on any atom is 0.294 e. The van der Waals surface area contributed by atoms with Crippen LogP contribution < -0.4 is 5.32 Å². The number of hydrogen-bond acceptors (Lipinski definition) is 9. The van der Waals surface area contributed by atoms with Crippen molar-refractivity contribution < 1.29 is 34.2 Å². The Labute approximate surface area is 124 Å². The van der Waals surface area contributed by atoms with Crippen molar-refractivity contribution in [1.82, 2.24) is 5.32 Å². The van der Waals surface area contributed by atoms with Gasteiger partial charge in [0.15, 0.2) is 6.10 Å². The molecule has 0 bridgehead atoms. The third kappa shape index (κ3) is 12.5. The van der Waals surface area contributed by atoms with Crippen LogP contribution in [0.25, 0.3) is 0 Å². The quantitative estimate of drug-likeness (QED) is 0.262. The predicted molar refractivity (Wildman–Crippen MR) is 68.6 cm³/mol. The van der Waals surface area contributed by atoms with Gasteiger partial charge in [-0.05, 0) is 6.92 Å². The summed E-state index contributed by atoms with van der Waals surface area (Å²) in [5.41, 5.74) is 0. The summed E-state index contributed by atoms with van der Waals surface area (Å²) < 4.78 is 4.97. The summed E-state index contributed by atoms with van der Waals surface area (Å²) in [5, 5.41) is 20.4. The number of carbonyl (C=O) groups is 2. The van der Waals surface area contributed by atoms with E-state index >= 15 is 0 Å². The average Bonchev–Trinajstić information content (AvgIpc) is 2.39. The third-order valence-electron chi connectivity index (χ3n) is 2.18. The second-order valence-corrected chi connectivity index (χ2v) is 4.10. The molecule has 0 radical (unpaired) electrons. The van der Waals surface area contributed by atoms with Gasteiger partial charge in [0.1, 0.15) is 12.4 Å². The first kappa shape index (κ1) is 19.5. The van der Waals surface area contributed by atoms with Crippen molar-refractivity contribution in [3.8, 4) is 0 Å². The van der Waals surface area contributed by atoms with E-state index in [1.54, 1.807) is 0 Å². The van der Waals surface area contributed by atoms with Crippen molar-refractivity contribution >= 4 is 11.7 Å². The van der Waals surface area contributed by atoms with Gasteiger partial charge in [0.05, 0.1) is 13.2 Å². The van der Waals surface area contributed by atoms with Gasteiger partial charge in [-0.2, -0.15) is 0 Å². The SMILES string of the molecule is CC(=O)CCNC(=O)CCOCC(CO[N+](=O)[O-])O[N+](=O)[O-]. The number of carbonyl (C=O) groups excluding carboxylic acids is 2. The molecule has 0 heterocycles. The van der Waals surface area contributed by atoms with E-state index in [0.717, 1.165) is 0 Å². The second kappa shape index (κ2) is 11.2. The van der Waals surface area contributed by atoms with Crippen LogP contribution in [0.4, 0.5) is 0 Å². The first-order chi connectivity index (χ1) is 10.3. The van der Waals surface area contributed by atoms with Crippen LogP contribution in [0.1, 0.15) is 19.8 Å². The van der Waals surface area contributed by atoms with Crippen LogP contribution in [0.3, 0.4) is 0 Å². The van der Waals surface area contributed by atoms with Crippen molar-refractivity contribution in [2.24, 2.45) is 0 Å². The van der Waals surface area contributed by atoms with Crippen LogP contribution in [-0.4, -0.2) is 54.3 Å². The van der Waals surface area contributed by atoms with Crippen LogP contribution in [0.15, 0.2) is 0 Å². The van der Waals surface area contributed by atoms with Gasteiger partial charge in [-0.1, -0.05) is 0 Å². The fourth-order valence-electron chi connectivity index (χ4n) is 1.22. The molecule has 0 saturated heterocycles. The zero-order valence-corrected chi connectivity index (χ0v) is 11.9. The molecule has 0 rings (SSSR count). The molecule has 0 aliphatic rings. The molecule has 22 heavy (non-hydrogen) atoms. The molecule has 1 N–H and O–H groups in total. The van der Waals surface area contributed by atoms with Crippen LogP contribution in [0, 0.1) is 20.2 Å². The number of nitrogens with one attached hydrogen (secondary N) is 1. The number of ketones is 1. The van der Waals surface area contributed by atoms with Crippen LogP contribution in [0.2, 0.25) is 0 Å². The zero-order valence-electron chi connectivity index (χ0n) is 11.9. The van der Waals surface area contributed by atoms with Crippen LogP contribution in [-0.2, 0) is 24.0 Å². The zero-order chi connectivity index (χ0) is 17.0. The third-order valence-corrected chi connectivity index (χ3v) is 2.18.